The molecule has 2 atom stereocenters. The van der Waals surface area contributed by atoms with Crippen molar-refractivity contribution < 1.29 is 22.8 Å². The SMILES string of the molecule is CCN(CCNC(=O)C1CCC(=O)N(C)C1c1ccc(C(F)(F)F)cc1)C(C)C. The standard InChI is InChI=1S/C21H30F3N3O2/c1-5-27(14(2)3)13-12-25-20(29)17-10-11-18(28)26(4)19(17)15-6-8-16(9-7-15)21(22,23)24/h6-9,14,17,19H,5,10-13H2,1-4H3,(H,25,29). The minimum atomic E-state index is -4.43. The van der Waals surface area contributed by atoms with Crippen molar-refractivity contribution in [3.05, 3.63) is 35.4 Å². The second-order valence-electron chi connectivity index (χ2n) is 7.73. The average molecular weight is 413 g/mol. The number of rotatable bonds is 7. The molecule has 2 unspecified atom stereocenters. The van der Waals surface area contributed by atoms with E-state index < -0.39 is 23.7 Å². The molecule has 0 bridgehead atoms. The summed E-state index contributed by atoms with van der Waals surface area (Å²) < 4.78 is 38.6. The molecule has 1 heterocycles. The van der Waals surface area contributed by atoms with Crippen molar-refractivity contribution in [3.8, 4) is 0 Å². The Kier molecular flexibility index (Phi) is 7.68. The second-order valence-corrected chi connectivity index (χ2v) is 7.73. The highest BCUT2D eigenvalue weighted by molar-refractivity contribution is 5.84. The number of nitrogens with zero attached hydrogens (tertiary/aromatic N) is 2. The maximum Gasteiger partial charge on any atom is 0.416 e. The Bertz CT molecular complexity index is 704. The van der Waals surface area contributed by atoms with Gasteiger partial charge in [-0.2, -0.15) is 13.2 Å². The summed E-state index contributed by atoms with van der Waals surface area (Å²) in [5.74, 6) is -0.784. The summed E-state index contributed by atoms with van der Waals surface area (Å²) in [4.78, 5) is 28.8. The fourth-order valence-electron chi connectivity index (χ4n) is 3.87. The Morgan fingerprint density at radius 1 is 1.28 bits per heavy atom. The summed E-state index contributed by atoms with van der Waals surface area (Å²) in [5, 5.41) is 2.94. The molecule has 2 amide bonds. The van der Waals surface area contributed by atoms with Crippen molar-refractivity contribution in [2.75, 3.05) is 26.7 Å². The highest BCUT2D eigenvalue weighted by Crippen LogP contribution is 2.37. The first-order valence-electron chi connectivity index (χ1n) is 10.0. The van der Waals surface area contributed by atoms with Crippen LogP contribution in [0.1, 0.15) is 50.8 Å². The lowest BCUT2D eigenvalue weighted by molar-refractivity contribution is -0.142. The van der Waals surface area contributed by atoms with Crippen LogP contribution in [0.15, 0.2) is 24.3 Å². The van der Waals surface area contributed by atoms with Crippen molar-refractivity contribution in [2.45, 2.75) is 51.9 Å². The fraction of sp³-hybridized carbons (Fsp3) is 0.619. The second kappa shape index (κ2) is 9.61. The van der Waals surface area contributed by atoms with E-state index in [2.05, 4.69) is 31.0 Å². The number of amides is 2. The number of piperidine rings is 1. The molecular weight excluding hydrogens is 383 g/mol. The molecule has 29 heavy (non-hydrogen) atoms. The molecule has 2 rings (SSSR count). The molecule has 1 aliphatic rings. The molecule has 1 aromatic carbocycles. The number of hydrogen-bond acceptors (Lipinski definition) is 3. The summed E-state index contributed by atoms with van der Waals surface area (Å²) in [6.07, 6.45) is -3.80. The minimum absolute atomic E-state index is 0.115. The number of halogens is 3. The van der Waals surface area contributed by atoms with Crippen LogP contribution in [0.25, 0.3) is 0 Å². The summed E-state index contributed by atoms with van der Waals surface area (Å²) in [7, 11) is 1.60. The molecule has 0 aromatic heterocycles. The van der Waals surface area contributed by atoms with Gasteiger partial charge in [-0.1, -0.05) is 19.1 Å². The minimum Gasteiger partial charge on any atom is -0.354 e. The predicted octanol–water partition coefficient (Wildman–Crippen LogP) is 3.46. The zero-order chi connectivity index (χ0) is 21.8. The number of likely N-dealkylation sites (tertiary alicyclic amines) is 1. The summed E-state index contributed by atoms with van der Waals surface area (Å²) >= 11 is 0. The summed E-state index contributed by atoms with van der Waals surface area (Å²) in [5.41, 5.74) is -0.216. The van der Waals surface area contributed by atoms with Crippen LogP contribution in [0.2, 0.25) is 0 Å². The highest BCUT2D eigenvalue weighted by Gasteiger charge is 2.39. The molecule has 162 valence electrons. The van der Waals surface area contributed by atoms with Crippen LogP contribution in [0.3, 0.4) is 0 Å². The van der Waals surface area contributed by atoms with Crippen LogP contribution in [0.4, 0.5) is 13.2 Å². The number of likely N-dealkylation sites (N-methyl/N-ethyl adjacent to an activating group) is 1. The monoisotopic (exact) mass is 413 g/mol. The van der Waals surface area contributed by atoms with E-state index in [4.69, 9.17) is 0 Å². The number of alkyl halides is 3. The molecule has 8 heteroatoms. The van der Waals surface area contributed by atoms with Crippen LogP contribution in [0, 0.1) is 5.92 Å². The Morgan fingerprint density at radius 2 is 1.90 bits per heavy atom. The van der Waals surface area contributed by atoms with Crippen molar-refractivity contribution in [1.82, 2.24) is 15.1 Å². The normalized spacial score (nSPS) is 20.4. The topological polar surface area (TPSA) is 52.7 Å². The maximum atomic E-state index is 12.9. The van der Waals surface area contributed by atoms with E-state index in [1.165, 1.54) is 17.0 Å². The van der Waals surface area contributed by atoms with E-state index in [-0.39, 0.29) is 18.2 Å². The van der Waals surface area contributed by atoms with Gasteiger partial charge >= 0.3 is 6.18 Å². The molecule has 1 aromatic rings. The van der Waals surface area contributed by atoms with Crippen molar-refractivity contribution >= 4 is 11.8 Å². The van der Waals surface area contributed by atoms with Crippen LogP contribution in [-0.2, 0) is 15.8 Å². The predicted molar refractivity (Wildman–Crippen MR) is 105 cm³/mol. The van der Waals surface area contributed by atoms with E-state index in [1.54, 1.807) is 7.05 Å². The lowest BCUT2D eigenvalue weighted by atomic mass is 9.83. The zero-order valence-electron chi connectivity index (χ0n) is 17.4. The molecule has 1 saturated heterocycles. The van der Waals surface area contributed by atoms with E-state index in [0.717, 1.165) is 18.7 Å². The molecule has 0 spiro atoms. The lowest BCUT2D eigenvalue weighted by Crippen LogP contribution is -2.47. The lowest BCUT2D eigenvalue weighted by Gasteiger charge is -2.38. The van der Waals surface area contributed by atoms with Gasteiger partial charge in [-0.05, 0) is 44.5 Å². The largest absolute Gasteiger partial charge is 0.416 e. The van der Waals surface area contributed by atoms with Gasteiger partial charge in [-0.25, -0.2) is 0 Å². The Labute approximate surface area is 170 Å². The molecule has 1 fully saturated rings. The smallest absolute Gasteiger partial charge is 0.354 e. The zero-order valence-corrected chi connectivity index (χ0v) is 17.4. The van der Waals surface area contributed by atoms with E-state index in [0.29, 0.717) is 31.1 Å². The quantitative estimate of drug-likeness (QED) is 0.745. The van der Waals surface area contributed by atoms with Gasteiger partial charge in [0.2, 0.25) is 11.8 Å². The average Bonchev–Trinajstić information content (AvgIpc) is 2.66. The summed E-state index contributed by atoms with van der Waals surface area (Å²) in [6.45, 7) is 8.32. The van der Waals surface area contributed by atoms with Gasteiger partial charge in [0.15, 0.2) is 0 Å². The number of carbonyl (C=O) groups is 2. The third-order valence-electron chi connectivity index (χ3n) is 5.61. The van der Waals surface area contributed by atoms with Gasteiger partial charge < -0.3 is 10.2 Å². The molecule has 0 saturated carbocycles. The number of carbonyl (C=O) groups excluding carboxylic acids is 2. The number of hydrogen-bond donors (Lipinski definition) is 1. The first kappa shape index (κ1) is 23.2. The molecule has 5 nitrogen and oxygen atoms in total. The number of nitrogens with one attached hydrogen (secondary N) is 1. The molecule has 0 aliphatic carbocycles. The van der Waals surface area contributed by atoms with Gasteiger partial charge in [0, 0.05) is 32.6 Å². The van der Waals surface area contributed by atoms with Crippen LogP contribution >= 0.6 is 0 Å². The van der Waals surface area contributed by atoms with Gasteiger partial charge in [0.05, 0.1) is 17.5 Å². The Morgan fingerprint density at radius 3 is 2.41 bits per heavy atom. The van der Waals surface area contributed by atoms with Crippen molar-refractivity contribution in [1.29, 1.82) is 0 Å². The molecular formula is C21H30F3N3O2. The van der Waals surface area contributed by atoms with Crippen LogP contribution < -0.4 is 5.32 Å². The van der Waals surface area contributed by atoms with E-state index in [1.807, 2.05) is 0 Å². The van der Waals surface area contributed by atoms with Crippen LogP contribution in [-0.4, -0.2) is 54.3 Å². The fourth-order valence-corrected chi connectivity index (χ4v) is 3.87. The van der Waals surface area contributed by atoms with E-state index >= 15 is 0 Å². The molecule has 0 radical (unpaired) electrons. The Hall–Kier alpha value is -2.09. The van der Waals surface area contributed by atoms with E-state index in [9.17, 15) is 22.8 Å². The van der Waals surface area contributed by atoms with Crippen LogP contribution in [0.5, 0.6) is 0 Å². The van der Waals surface area contributed by atoms with Gasteiger partial charge in [0.25, 0.3) is 0 Å². The molecule has 1 aliphatic heterocycles. The first-order chi connectivity index (χ1) is 13.6. The Balaban J connectivity index is 2.14. The van der Waals surface area contributed by atoms with Crippen molar-refractivity contribution in [2.24, 2.45) is 5.92 Å². The maximum absolute atomic E-state index is 12.9. The third-order valence-corrected chi connectivity index (χ3v) is 5.61. The molecule has 1 N–H and O–H groups in total. The number of benzene rings is 1. The third kappa shape index (κ3) is 5.72. The van der Waals surface area contributed by atoms with Gasteiger partial charge in [0.1, 0.15) is 0 Å². The summed E-state index contributed by atoms with van der Waals surface area (Å²) in [6, 6.07) is 4.51. The first-order valence-corrected chi connectivity index (χ1v) is 10.0. The van der Waals surface area contributed by atoms with Gasteiger partial charge in [-0.3, -0.25) is 14.5 Å². The highest BCUT2D eigenvalue weighted by atomic mass is 19.4. The van der Waals surface area contributed by atoms with Gasteiger partial charge in [-0.15, -0.1) is 0 Å². The van der Waals surface area contributed by atoms with Crippen molar-refractivity contribution in [3.63, 3.8) is 0 Å².